The summed E-state index contributed by atoms with van der Waals surface area (Å²) in [6.07, 6.45) is 5.23. The zero-order chi connectivity index (χ0) is 18.4. The van der Waals surface area contributed by atoms with Crippen LogP contribution in [0.2, 0.25) is 5.02 Å². The van der Waals surface area contributed by atoms with Crippen LogP contribution in [0.25, 0.3) is 5.69 Å². The number of benzene rings is 1. The number of aromatic nitrogens is 3. The molecule has 1 aliphatic rings. The standard InChI is InChI=1S/C18H15ClN4O3/c1-22-8-10(7-20-22)11-6-15(24)21-16-12(18(25)26)9-23(17(11)16)14-5-3-2-4-13(14)19/h2-5,7-9,11H,6H2,1H3,(H,21,24)(H,25,26). The van der Waals surface area contributed by atoms with E-state index < -0.39 is 5.97 Å². The fraction of sp³-hybridized carbons (Fsp3) is 0.167. The zero-order valence-corrected chi connectivity index (χ0v) is 14.6. The van der Waals surface area contributed by atoms with Crippen LogP contribution in [0.1, 0.15) is 34.0 Å². The van der Waals surface area contributed by atoms with E-state index in [1.165, 1.54) is 6.20 Å². The molecular formula is C18H15ClN4O3. The maximum atomic E-state index is 12.2. The van der Waals surface area contributed by atoms with Gasteiger partial charge in [-0.2, -0.15) is 5.10 Å². The van der Waals surface area contributed by atoms with Crippen molar-refractivity contribution >= 4 is 29.2 Å². The van der Waals surface area contributed by atoms with Crippen LogP contribution in [-0.2, 0) is 11.8 Å². The Balaban J connectivity index is 2.00. The fourth-order valence-electron chi connectivity index (χ4n) is 3.37. The van der Waals surface area contributed by atoms with Crippen LogP contribution >= 0.6 is 11.6 Å². The third kappa shape index (κ3) is 2.57. The lowest BCUT2D eigenvalue weighted by molar-refractivity contribution is -0.116. The van der Waals surface area contributed by atoms with E-state index in [2.05, 4.69) is 10.4 Å². The van der Waals surface area contributed by atoms with Gasteiger partial charge in [0.1, 0.15) is 5.56 Å². The van der Waals surface area contributed by atoms with Gasteiger partial charge in [-0.1, -0.05) is 23.7 Å². The van der Waals surface area contributed by atoms with Crippen molar-refractivity contribution in [1.29, 1.82) is 0 Å². The SMILES string of the molecule is Cn1cc(C2CC(=O)Nc3c(C(=O)O)cn(-c4ccccc4Cl)c32)cn1. The number of carboxylic acids is 1. The number of halogens is 1. The normalized spacial score (nSPS) is 16.2. The molecule has 1 atom stereocenters. The van der Waals surface area contributed by atoms with Gasteiger partial charge in [0.15, 0.2) is 0 Å². The van der Waals surface area contributed by atoms with Crippen molar-refractivity contribution < 1.29 is 14.7 Å². The Bertz CT molecular complexity index is 1040. The first-order chi connectivity index (χ1) is 12.5. The van der Waals surface area contributed by atoms with Crippen LogP contribution in [0.15, 0.2) is 42.9 Å². The van der Waals surface area contributed by atoms with Crippen molar-refractivity contribution in [1.82, 2.24) is 14.3 Å². The van der Waals surface area contributed by atoms with E-state index in [1.54, 1.807) is 34.6 Å². The van der Waals surface area contributed by atoms with Crippen molar-refractivity contribution in [3.05, 3.63) is 64.7 Å². The molecule has 0 saturated heterocycles. The molecule has 7 nitrogen and oxygen atoms in total. The lowest BCUT2D eigenvalue weighted by Crippen LogP contribution is -2.25. The van der Waals surface area contributed by atoms with Crippen molar-refractivity contribution in [2.45, 2.75) is 12.3 Å². The topological polar surface area (TPSA) is 89.1 Å². The number of carbonyl (C=O) groups is 2. The first-order valence-electron chi connectivity index (χ1n) is 7.97. The molecule has 4 rings (SSSR count). The Morgan fingerprint density at radius 3 is 2.77 bits per heavy atom. The summed E-state index contributed by atoms with van der Waals surface area (Å²) in [4.78, 5) is 24.0. The molecule has 1 unspecified atom stereocenters. The van der Waals surface area contributed by atoms with Crippen molar-refractivity contribution in [2.75, 3.05) is 5.32 Å². The Morgan fingerprint density at radius 1 is 1.35 bits per heavy atom. The summed E-state index contributed by atoms with van der Waals surface area (Å²) in [5, 5.41) is 17.0. The summed E-state index contributed by atoms with van der Waals surface area (Å²) < 4.78 is 3.40. The Kier molecular flexibility index (Phi) is 3.81. The quantitative estimate of drug-likeness (QED) is 0.741. The average Bonchev–Trinajstić information content (AvgIpc) is 3.18. The third-order valence-corrected chi connectivity index (χ3v) is 4.82. The number of rotatable bonds is 3. The number of hydrogen-bond donors (Lipinski definition) is 2. The lowest BCUT2D eigenvalue weighted by atomic mass is 9.90. The number of aromatic carboxylic acids is 1. The molecule has 1 amide bonds. The highest BCUT2D eigenvalue weighted by molar-refractivity contribution is 6.32. The number of nitrogens with one attached hydrogen (secondary N) is 1. The van der Waals surface area contributed by atoms with E-state index in [-0.39, 0.29) is 23.8 Å². The molecule has 0 fully saturated rings. The van der Waals surface area contributed by atoms with Crippen LogP contribution in [-0.4, -0.2) is 31.3 Å². The second-order valence-electron chi connectivity index (χ2n) is 6.18. The predicted molar refractivity (Wildman–Crippen MR) is 96.0 cm³/mol. The lowest BCUT2D eigenvalue weighted by Gasteiger charge is -2.25. The Morgan fingerprint density at radius 2 is 2.12 bits per heavy atom. The number of hydrogen-bond acceptors (Lipinski definition) is 3. The minimum atomic E-state index is -1.11. The van der Waals surface area contributed by atoms with Crippen LogP contribution in [0.5, 0.6) is 0 Å². The van der Waals surface area contributed by atoms with E-state index in [9.17, 15) is 14.7 Å². The number of fused-ring (bicyclic) bond motifs is 1. The number of anilines is 1. The fourth-order valence-corrected chi connectivity index (χ4v) is 3.60. The summed E-state index contributed by atoms with van der Waals surface area (Å²) in [7, 11) is 1.79. The summed E-state index contributed by atoms with van der Waals surface area (Å²) in [6.45, 7) is 0. The molecule has 0 aliphatic carbocycles. The van der Waals surface area contributed by atoms with Gasteiger partial charge in [0.2, 0.25) is 5.91 Å². The molecule has 0 bridgehead atoms. The highest BCUT2D eigenvalue weighted by atomic mass is 35.5. The van der Waals surface area contributed by atoms with Gasteiger partial charge in [-0.15, -0.1) is 0 Å². The molecular weight excluding hydrogens is 356 g/mol. The van der Waals surface area contributed by atoms with Gasteiger partial charge in [-0.05, 0) is 17.7 Å². The van der Waals surface area contributed by atoms with E-state index in [0.717, 1.165) is 5.56 Å². The van der Waals surface area contributed by atoms with Gasteiger partial charge in [0.05, 0.1) is 28.3 Å². The second kappa shape index (κ2) is 6.03. The predicted octanol–water partition coefficient (Wildman–Crippen LogP) is 3.04. The van der Waals surface area contributed by atoms with Gasteiger partial charge in [-0.3, -0.25) is 9.48 Å². The monoisotopic (exact) mass is 370 g/mol. The molecule has 132 valence electrons. The Hall–Kier alpha value is -3.06. The molecule has 3 heterocycles. The Labute approximate surface area is 153 Å². The van der Waals surface area contributed by atoms with Crippen molar-refractivity contribution in [3.8, 4) is 5.69 Å². The zero-order valence-electron chi connectivity index (χ0n) is 13.8. The molecule has 1 aromatic carbocycles. The molecule has 2 N–H and O–H groups in total. The van der Waals surface area contributed by atoms with Gasteiger partial charge in [0, 0.05) is 31.8 Å². The number of carboxylic acid groups (broad SMARTS) is 1. The molecule has 1 aliphatic heterocycles. The maximum absolute atomic E-state index is 12.2. The van der Waals surface area contributed by atoms with Gasteiger partial charge in [-0.25, -0.2) is 4.79 Å². The van der Waals surface area contributed by atoms with E-state index >= 15 is 0 Å². The van der Waals surface area contributed by atoms with Crippen LogP contribution < -0.4 is 5.32 Å². The summed E-state index contributed by atoms with van der Waals surface area (Å²) in [6, 6.07) is 7.18. The molecule has 3 aromatic rings. The highest BCUT2D eigenvalue weighted by Crippen LogP contribution is 2.42. The largest absolute Gasteiger partial charge is 0.478 e. The number of carbonyl (C=O) groups excluding carboxylic acids is 1. The summed E-state index contributed by atoms with van der Waals surface area (Å²) in [5.74, 6) is -1.67. The number of para-hydroxylation sites is 1. The molecule has 0 radical (unpaired) electrons. The van der Waals surface area contributed by atoms with E-state index in [1.807, 2.05) is 18.3 Å². The van der Waals surface area contributed by atoms with Crippen LogP contribution in [0, 0.1) is 0 Å². The smallest absolute Gasteiger partial charge is 0.339 e. The number of aryl methyl sites for hydroxylation is 1. The average molecular weight is 371 g/mol. The second-order valence-corrected chi connectivity index (χ2v) is 6.59. The highest BCUT2D eigenvalue weighted by Gasteiger charge is 2.35. The molecule has 0 spiro atoms. The van der Waals surface area contributed by atoms with Crippen molar-refractivity contribution in [2.24, 2.45) is 7.05 Å². The molecule has 0 saturated carbocycles. The number of amides is 1. The van der Waals surface area contributed by atoms with Crippen LogP contribution in [0.4, 0.5) is 5.69 Å². The summed E-state index contributed by atoms with van der Waals surface area (Å²) in [5.41, 5.74) is 2.52. The first-order valence-corrected chi connectivity index (χ1v) is 8.35. The molecule has 2 aromatic heterocycles. The van der Waals surface area contributed by atoms with Gasteiger partial charge >= 0.3 is 5.97 Å². The van der Waals surface area contributed by atoms with E-state index in [4.69, 9.17) is 11.6 Å². The summed E-state index contributed by atoms with van der Waals surface area (Å²) >= 11 is 6.34. The number of nitrogens with zero attached hydrogens (tertiary/aromatic N) is 3. The maximum Gasteiger partial charge on any atom is 0.339 e. The molecule has 26 heavy (non-hydrogen) atoms. The van der Waals surface area contributed by atoms with Gasteiger partial charge < -0.3 is 15.0 Å². The van der Waals surface area contributed by atoms with Crippen molar-refractivity contribution in [3.63, 3.8) is 0 Å². The minimum Gasteiger partial charge on any atom is -0.478 e. The van der Waals surface area contributed by atoms with Crippen LogP contribution in [0.3, 0.4) is 0 Å². The first kappa shape index (κ1) is 16.4. The molecule has 8 heteroatoms. The third-order valence-electron chi connectivity index (χ3n) is 4.50. The minimum absolute atomic E-state index is 0.0295. The van der Waals surface area contributed by atoms with Gasteiger partial charge in [0.25, 0.3) is 0 Å². The van der Waals surface area contributed by atoms with E-state index in [0.29, 0.717) is 22.1 Å².